The maximum absolute atomic E-state index is 9.16. The standard InChI is InChI=1S/C11H19N3O/c12-8-11(13,10-2-3-10)9-14-4-1-6-15-7-5-14/h10H,1-7,9,13H2. The summed E-state index contributed by atoms with van der Waals surface area (Å²) in [5.41, 5.74) is 5.52. The van der Waals surface area contributed by atoms with E-state index in [0.717, 1.165) is 45.6 Å². The Bertz CT molecular complexity index is 251. The summed E-state index contributed by atoms with van der Waals surface area (Å²) >= 11 is 0. The summed E-state index contributed by atoms with van der Waals surface area (Å²) < 4.78 is 5.38. The largest absolute Gasteiger partial charge is 0.380 e. The summed E-state index contributed by atoms with van der Waals surface area (Å²) in [7, 11) is 0. The smallest absolute Gasteiger partial charge is 0.119 e. The lowest BCUT2D eigenvalue weighted by Gasteiger charge is -2.29. The number of hydrogen-bond donors (Lipinski definition) is 1. The lowest BCUT2D eigenvalue weighted by molar-refractivity contribution is 0.137. The molecule has 2 N–H and O–H groups in total. The van der Waals surface area contributed by atoms with Gasteiger partial charge in [0.25, 0.3) is 0 Å². The lowest BCUT2D eigenvalue weighted by atomic mass is 9.95. The normalized spacial score (nSPS) is 27.7. The summed E-state index contributed by atoms with van der Waals surface area (Å²) in [6.07, 6.45) is 3.29. The van der Waals surface area contributed by atoms with E-state index in [1.807, 2.05) is 0 Å². The van der Waals surface area contributed by atoms with Gasteiger partial charge in [-0.25, -0.2) is 0 Å². The van der Waals surface area contributed by atoms with Gasteiger partial charge in [-0.15, -0.1) is 0 Å². The highest BCUT2D eigenvalue weighted by Crippen LogP contribution is 2.38. The van der Waals surface area contributed by atoms with E-state index in [1.54, 1.807) is 0 Å². The molecule has 0 aromatic heterocycles. The van der Waals surface area contributed by atoms with Crippen LogP contribution in [0, 0.1) is 17.2 Å². The van der Waals surface area contributed by atoms with E-state index in [2.05, 4.69) is 11.0 Å². The third-order valence-electron chi connectivity index (χ3n) is 3.31. The number of rotatable bonds is 3. The lowest BCUT2D eigenvalue weighted by Crippen LogP contribution is -2.51. The van der Waals surface area contributed by atoms with Crippen LogP contribution in [-0.2, 0) is 4.74 Å². The summed E-state index contributed by atoms with van der Waals surface area (Å²) in [5, 5.41) is 9.16. The van der Waals surface area contributed by atoms with E-state index in [9.17, 15) is 0 Å². The zero-order chi connectivity index (χ0) is 10.7. The summed E-state index contributed by atoms with van der Waals surface area (Å²) in [6, 6.07) is 2.30. The van der Waals surface area contributed by atoms with Crippen molar-refractivity contribution < 1.29 is 4.74 Å². The SMILES string of the molecule is N#CC(N)(CN1CCCOCC1)C1CC1. The first-order chi connectivity index (χ1) is 7.24. The van der Waals surface area contributed by atoms with E-state index in [1.165, 1.54) is 0 Å². The van der Waals surface area contributed by atoms with Crippen LogP contribution in [0.25, 0.3) is 0 Å². The Hall–Kier alpha value is -0.630. The van der Waals surface area contributed by atoms with Crippen LogP contribution in [0.1, 0.15) is 19.3 Å². The molecule has 1 saturated carbocycles. The molecule has 0 aromatic carbocycles. The van der Waals surface area contributed by atoms with Crippen LogP contribution in [0.5, 0.6) is 0 Å². The number of nitrogens with two attached hydrogens (primary N) is 1. The van der Waals surface area contributed by atoms with Crippen molar-refractivity contribution in [1.82, 2.24) is 4.90 Å². The monoisotopic (exact) mass is 209 g/mol. The Labute approximate surface area is 91.0 Å². The minimum absolute atomic E-state index is 0.423. The van der Waals surface area contributed by atoms with Crippen molar-refractivity contribution in [3.63, 3.8) is 0 Å². The van der Waals surface area contributed by atoms with Gasteiger partial charge in [0.05, 0.1) is 12.7 Å². The van der Waals surface area contributed by atoms with Gasteiger partial charge < -0.3 is 10.5 Å². The maximum Gasteiger partial charge on any atom is 0.119 e. The average molecular weight is 209 g/mol. The van der Waals surface area contributed by atoms with E-state index in [4.69, 9.17) is 15.7 Å². The molecule has 0 bridgehead atoms. The van der Waals surface area contributed by atoms with Crippen LogP contribution in [-0.4, -0.2) is 43.3 Å². The molecule has 2 aliphatic rings. The van der Waals surface area contributed by atoms with Crippen LogP contribution >= 0.6 is 0 Å². The summed E-state index contributed by atoms with van der Waals surface area (Å²) in [5.74, 6) is 0.423. The maximum atomic E-state index is 9.16. The number of nitriles is 1. The van der Waals surface area contributed by atoms with Crippen molar-refractivity contribution in [2.75, 3.05) is 32.8 Å². The average Bonchev–Trinajstić information content (AvgIpc) is 3.05. The van der Waals surface area contributed by atoms with Crippen LogP contribution in [0.3, 0.4) is 0 Å². The van der Waals surface area contributed by atoms with Crippen LogP contribution in [0.15, 0.2) is 0 Å². The zero-order valence-corrected chi connectivity index (χ0v) is 9.11. The molecule has 1 aliphatic carbocycles. The third kappa shape index (κ3) is 2.69. The molecule has 2 rings (SSSR count). The van der Waals surface area contributed by atoms with Crippen molar-refractivity contribution >= 4 is 0 Å². The van der Waals surface area contributed by atoms with Crippen LogP contribution in [0.4, 0.5) is 0 Å². The van der Waals surface area contributed by atoms with Gasteiger partial charge in [0, 0.05) is 26.2 Å². The number of ether oxygens (including phenoxy) is 1. The second-order valence-electron chi connectivity index (χ2n) is 4.67. The topological polar surface area (TPSA) is 62.3 Å². The van der Waals surface area contributed by atoms with Gasteiger partial charge in [0.2, 0.25) is 0 Å². The van der Waals surface area contributed by atoms with Gasteiger partial charge >= 0.3 is 0 Å². The van der Waals surface area contributed by atoms with Gasteiger partial charge in [-0.3, -0.25) is 4.90 Å². The Morgan fingerprint density at radius 2 is 2.20 bits per heavy atom. The first kappa shape index (κ1) is 10.9. The Balaban J connectivity index is 1.90. The van der Waals surface area contributed by atoms with Crippen molar-refractivity contribution in [3.8, 4) is 6.07 Å². The molecule has 0 aromatic rings. The summed E-state index contributed by atoms with van der Waals surface area (Å²) in [4.78, 5) is 2.27. The molecule has 4 nitrogen and oxygen atoms in total. The minimum Gasteiger partial charge on any atom is -0.380 e. The molecule has 15 heavy (non-hydrogen) atoms. The number of nitrogens with zero attached hydrogens (tertiary/aromatic N) is 2. The molecule has 0 amide bonds. The predicted octanol–water partition coefficient (Wildman–Crippen LogP) is 0.340. The Morgan fingerprint density at radius 1 is 1.40 bits per heavy atom. The highest BCUT2D eigenvalue weighted by molar-refractivity contribution is 5.14. The Kier molecular flexibility index (Phi) is 3.25. The molecule has 1 atom stereocenters. The van der Waals surface area contributed by atoms with Gasteiger partial charge in [0.15, 0.2) is 0 Å². The van der Waals surface area contributed by atoms with Gasteiger partial charge in [-0.1, -0.05) is 0 Å². The fourth-order valence-electron chi connectivity index (χ4n) is 2.18. The van der Waals surface area contributed by atoms with Gasteiger partial charge in [-0.05, 0) is 25.2 Å². The molecule has 0 radical (unpaired) electrons. The molecule has 1 aliphatic heterocycles. The molecular weight excluding hydrogens is 190 g/mol. The predicted molar refractivity (Wildman–Crippen MR) is 57.1 cm³/mol. The van der Waals surface area contributed by atoms with E-state index in [-0.39, 0.29) is 0 Å². The number of hydrogen-bond acceptors (Lipinski definition) is 4. The zero-order valence-electron chi connectivity index (χ0n) is 9.11. The first-order valence-electron chi connectivity index (χ1n) is 5.75. The molecule has 84 valence electrons. The second-order valence-corrected chi connectivity index (χ2v) is 4.67. The third-order valence-corrected chi connectivity index (χ3v) is 3.31. The van der Waals surface area contributed by atoms with Gasteiger partial charge in [0.1, 0.15) is 5.54 Å². The van der Waals surface area contributed by atoms with E-state index < -0.39 is 5.54 Å². The minimum atomic E-state index is -0.621. The summed E-state index contributed by atoms with van der Waals surface area (Å²) in [6.45, 7) is 4.23. The van der Waals surface area contributed by atoms with Crippen molar-refractivity contribution in [3.05, 3.63) is 0 Å². The fourth-order valence-corrected chi connectivity index (χ4v) is 2.18. The van der Waals surface area contributed by atoms with E-state index >= 15 is 0 Å². The quantitative estimate of drug-likeness (QED) is 0.728. The first-order valence-corrected chi connectivity index (χ1v) is 5.75. The fraction of sp³-hybridized carbons (Fsp3) is 0.909. The van der Waals surface area contributed by atoms with E-state index in [0.29, 0.717) is 12.5 Å². The molecular formula is C11H19N3O. The molecule has 1 unspecified atom stereocenters. The highest BCUT2D eigenvalue weighted by atomic mass is 16.5. The highest BCUT2D eigenvalue weighted by Gasteiger charge is 2.43. The molecule has 1 heterocycles. The van der Waals surface area contributed by atoms with Crippen molar-refractivity contribution in [2.24, 2.45) is 11.7 Å². The van der Waals surface area contributed by atoms with Gasteiger partial charge in [-0.2, -0.15) is 5.26 Å². The molecule has 2 fully saturated rings. The molecule has 1 saturated heterocycles. The Morgan fingerprint density at radius 3 is 2.87 bits per heavy atom. The van der Waals surface area contributed by atoms with Crippen LogP contribution in [0.2, 0.25) is 0 Å². The molecule has 4 heteroatoms. The van der Waals surface area contributed by atoms with Crippen molar-refractivity contribution in [2.45, 2.75) is 24.8 Å². The van der Waals surface area contributed by atoms with Crippen molar-refractivity contribution in [1.29, 1.82) is 5.26 Å². The van der Waals surface area contributed by atoms with Crippen LogP contribution < -0.4 is 5.73 Å². The molecule has 0 spiro atoms. The second kappa shape index (κ2) is 4.48.